The van der Waals surface area contributed by atoms with Gasteiger partial charge < -0.3 is 14.5 Å². The third kappa shape index (κ3) is 7.25. The Hall–Kier alpha value is -3.00. The molecule has 0 saturated carbocycles. The van der Waals surface area contributed by atoms with Crippen molar-refractivity contribution < 1.29 is 13.9 Å². The highest BCUT2D eigenvalue weighted by Gasteiger charge is 2.17. The lowest BCUT2D eigenvalue weighted by molar-refractivity contribution is 0.0320. The molecule has 0 atom stereocenters. The molecular formula is C26H32N4O3. The van der Waals surface area contributed by atoms with Crippen LogP contribution >= 0.6 is 0 Å². The van der Waals surface area contributed by atoms with Gasteiger partial charge in [-0.2, -0.15) is 0 Å². The summed E-state index contributed by atoms with van der Waals surface area (Å²) in [5, 5.41) is 2.90. The van der Waals surface area contributed by atoms with E-state index in [2.05, 4.69) is 51.3 Å². The number of benzene rings is 2. The van der Waals surface area contributed by atoms with E-state index in [4.69, 9.17) is 9.15 Å². The molecule has 0 radical (unpaired) electrons. The summed E-state index contributed by atoms with van der Waals surface area (Å²) in [7, 11) is 0. The van der Waals surface area contributed by atoms with E-state index in [0.717, 1.165) is 51.5 Å². The van der Waals surface area contributed by atoms with E-state index < -0.39 is 0 Å². The molecular weight excluding hydrogens is 416 g/mol. The number of carbonyl (C=O) groups is 1. The molecule has 33 heavy (non-hydrogen) atoms. The van der Waals surface area contributed by atoms with Gasteiger partial charge in [-0.05, 0) is 18.1 Å². The van der Waals surface area contributed by atoms with Gasteiger partial charge in [0.1, 0.15) is 6.26 Å². The summed E-state index contributed by atoms with van der Waals surface area (Å²) >= 11 is 0. The van der Waals surface area contributed by atoms with Gasteiger partial charge in [0, 0.05) is 39.3 Å². The Morgan fingerprint density at radius 3 is 2.55 bits per heavy atom. The fraction of sp³-hybridized carbons (Fsp3) is 0.385. The molecule has 2 heterocycles. The minimum atomic E-state index is -0.229. The van der Waals surface area contributed by atoms with E-state index in [9.17, 15) is 4.79 Å². The monoisotopic (exact) mass is 448 g/mol. The topological polar surface area (TPSA) is 70.8 Å². The lowest BCUT2D eigenvalue weighted by Crippen LogP contribution is -2.41. The average molecular weight is 449 g/mol. The summed E-state index contributed by atoms with van der Waals surface area (Å²) in [6.07, 6.45) is 1.45. The number of hydrogen-bond donors (Lipinski definition) is 1. The van der Waals surface area contributed by atoms with Crippen LogP contribution in [0.3, 0.4) is 0 Å². The first-order chi connectivity index (χ1) is 16.2. The summed E-state index contributed by atoms with van der Waals surface area (Å²) in [5.41, 5.74) is 3.85. The first-order valence-electron chi connectivity index (χ1n) is 11.5. The van der Waals surface area contributed by atoms with Crippen molar-refractivity contribution in [1.29, 1.82) is 0 Å². The second-order valence-electron chi connectivity index (χ2n) is 8.45. The normalized spacial score (nSPS) is 14.5. The highest BCUT2D eigenvalue weighted by atomic mass is 16.5. The van der Waals surface area contributed by atoms with Gasteiger partial charge in [-0.1, -0.05) is 60.2 Å². The van der Waals surface area contributed by atoms with Crippen molar-refractivity contribution in [3.63, 3.8) is 0 Å². The molecule has 1 N–H and O–H groups in total. The molecule has 174 valence electrons. The lowest BCUT2D eigenvalue weighted by Gasteiger charge is -2.29. The Balaban J connectivity index is 1.36. The Bertz CT molecular complexity index is 998. The third-order valence-electron chi connectivity index (χ3n) is 5.80. The van der Waals surface area contributed by atoms with E-state index >= 15 is 0 Å². The van der Waals surface area contributed by atoms with Gasteiger partial charge in [0.25, 0.3) is 5.91 Å². The molecule has 7 heteroatoms. The Morgan fingerprint density at radius 2 is 1.79 bits per heavy atom. The van der Waals surface area contributed by atoms with Crippen LogP contribution in [-0.4, -0.2) is 60.1 Å². The maximum Gasteiger partial charge on any atom is 0.273 e. The van der Waals surface area contributed by atoms with Crippen molar-refractivity contribution in [2.24, 2.45) is 0 Å². The number of rotatable bonds is 10. The van der Waals surface area contributed by atoms with Crippen molar-refractivity contribution in [1.82, 2.24) is 20.1 Å². The number of hydrogen-bond acceptors (Lipinski definition) is 6. The van der Waals surface area contributed by atoms with E-state index in [0.29, 0.717) is 24.7 Å². The van der Waals surface area contributed by atoms with Crippen LogP contribution in [0.15, 0.2) is 65.3 Å². The van der Waals surface area contributed by atoms with Crippen molar-refractivity contribution in [3.8, 4) is 0 Å². The van der Waals surface area contributed by atoms with Crippen LogP contribution in [0.1, 0.15) is 33.1 Å². The van der Waals surface area contributed by atoms with Gasteiger partial charge in [0.05, 0.1) is 19.8 Å². The number of amides is 1. The number of nitrogens with zero attached hydrogens (tertiary/aromatic N) is 3. The zero-order valence-electron chi connectivity index (χ0n) is 19.2. The van der Waals surface area contributed by atoms with Crippen molar-refractivity contribution in [3.05, 3.63) is 89.1 Å². The van der Waals surface area contributed by atoms with E-state index in [1.54, 1.807) is 0 Å². The maximum atomic E-state index is 12.5. The molecule has 0 bridgehead atoms. The van der Waals surface area contributed by atoms with Gasteiger partial charge in [0.2, 0.25) is 5.89 Å². The minimum Gasteiger partial charge on any atom is -0.447 e. The number of carbonyl (C=O) groups excluding carboxylic acids is 1. The van der Waals surface area contributed by atoms with Gasteiger partial charge in [-0.25, -0.2) is 4.98 Å². The minimum absolute atomic E-state index is 0.229. The SMILES string of the molecule is Cc1ccc(CN(CCN2CCOCC2)Cc2nc(C(=O)NCc3ccccc3)co2)cc1. The van der Waals surface area contributed by atoms with E-state index in [-0.39, 0.29) is 5.91 Å². The summed E-state index contributed by atoms with van der Waals surface area (Å²) in [6.45, 7) is 9.24. The van der Waals surface area contributed by atoms with Crippen LogP contribution in [0.25, 0.3) is 0 Å². The lowest BCUT2D eigenvalue weighted by atomic mass is 10.1. The number of aryl methyl sites for hydroxylation is 1. The molecule has 1 aromatic heterocycles. The molecule has 2 aromatic carbocycles. The van der Waals surface area contributed by atoms with Crippen LogP contribution in [0.5, 0.6) is 0 Å². The standard InChI is InChI=1S/C26H32N4O3/c1-21-7-9-23(10-8-21)18-30(12-11-29-13-15-32-16-14-29)19-25-28-24(20-33-25)26(31)27-17-22-5-3-2-4-6-22/h2-10,20H,11-19H2,1H3,(H,27,31). The number of oxazole rings is 1. The highest BCUT2D eigenvalue weighted by molar-refractivity contribution is 5.91. The number of ether oxygens (including phenoxy) is 1. The van der Waals surface area contributed by atoms with Crippen LogP contribution in [0, 0.1) is 6.92 Å². The molecule has 1 aliphatic rings. The summed E-state index contributed by atoms with van der Waals surface area (Å²) in [4.78, 5) is 21.7. The van der Waals surface area contributed by atoms with Crippen LogP contribution in [0.2, 0.25) is 0 Å². The maximum absolute atomic E-state index is 12.5. The zero-order valence-corrected chi connectivity index (χ0v) is 19.2. The molecule has 0 aliphatic carbocycles. The summed E-state index contributed by atoms with van der Waals surface area (Å²) in [5.74, 6) is 0.321. The molecule has 0 spiro atoms. The van der Waals surface area contributed by atoms with Gasteiger partial charge >= 0.3 is 0 Å². The molecule has 1 amide bonds. The predicted molar refractivity (Wildman–Crippen MR) is 127 cm³/mol. The summed E-state index contributed by atoms with van der Waals surface area (Å²) < 4.78 is 11.1. The Morgan fingerprint density at radius 1 is 1.03 bits per heavy atom. The molecule has 4 rings (SSSR count). The average Bonchev–Trinajstić information content (AvgIpc) is 3.32. The van der Waals surface area contributed by atoms with E-state index in [1.165, 1.54) is 17.4 Å². The van der Waals surface area contributed by atoms with Crippen LogP contribution < -0.4 is 5.32 Å². The fourth-order valence-electron chi connectivity index (χ4n) is 3.82. The van der Waals surface area contributed by atoms with Crippen molar-refractivity contribution in [2.45, 2.75) is 26.6 Å². The Kier molecular flexibility index (Phi) is 8.24. The second kappa shape index (κ2) is 11.7. The van der Waals surface area contributed by atoms with Crippen molar-refractivity contribution in [2.75, 3.05) is 39.4 Å². The molecule has 3 aromatic rings. The Labute approximate surface area is 195 Å². The van der Waals surface area contributed by atoms with E-state index in [1.807, 2.05) is 30.3 Å². The third-order valence-corrected chi connectivity index (χ3v) is 5.80. The van der Waals surface area contributed by atoms with Gasteiger partial charge in [-0.3, -0.25) is 14.6 Å². The summed E-state index contributed by atoms with van der Waals surface area (Å²) in [6, 6.07) is 18.4. The van der Waals surface area contributed by atoms with Gasteiger partial charge in [-0.15, -0.1) is 0 Å². The molecule has 0 unspecified atom stereocenters. The van der Waals surface area contributed by atoms with Crippen LogP contribution in [0.4, 0.5) is 0 Å². The smallest absolute Gasteiger partial charge is 0.273 e. The number of aromatic nitrogens is 1. The first kappa shape index (κ1) is 23.2. The highest BCUT2D eigenvalue weighted by Crippen LogP contribution is 2.12. The number of nitrogens with one attached hydrogen (secondary N) is 1. The van der Waals surface area contributed by atoms with Gasteiger partial charge in [0.15, 0.2) is 5.69 Å². The molecule has 1 fully saturated rings. The molecule has 1 aliphatic heterocycles. The fourth-order valence-corrected chi connectivity index (χ4v) is 3.82. The van der Waals surface area contributed by atoms with Crippen LogP contribution in [-0.2, 0) is 24.4 Å². The second-order valence-corrected chi connectivity index (χ2v) is 8.45. The molecule has 1 saturated heterocycles. The zero-order chi connectivity index (χ0) is 22.9. The largest absolute Gasteiger partial charge is 0.447 e. The number of morpholine rings is 1. The van der Waals surface area contributed by atoms with Crippen molar-refractivity contribution >= 4 is 5.91 Å². The quantitative estimate of drug-likeness (QED) is 0.514. The predicted octanol–water partition coefficient (Wildman–Crippen LogP) is 3.25. The first-order valence-corrected chi connectivity index (χ1v) is 11.5. The molecule has 7 nitrogen and oxygen atoms in total.